The van der Waals surface area contributed by atoms with Crippen molar-refractivity contribution < 1.29 is 9.47 Å². The summed E-state index contributed by atoms with van der Waals surface area (Å²) in [6.45, 7) is 4.00. The number of nitrogens with two attached hydrogens (primary N) is 1. The van der Waals surface area contributed by atoms with E-state index in [9.17, 15) is 0 Å². The monoisotopic (exact) mass is 261 g/mol. The number of methoxy groups -OCH3 is 2. The van der Waals surface area contributed by atoms with Crippen molar-refractivity contribution >= 4 is 21.6 Å². The molecule has 0 radical (unpaired) electrons. The first kappa shape index (κ1) is 13.1. The van der Waals surface area contributed by atoms with Gasteiger partial charge >= 0.3 is 0 Å². The standard InChI is InChI=1S/C8H10BrNO2.C2H6/c1-11-6-3-5(10)4-7(12-2)8(6)9;1-2/h3-4H,10H2,1-2H3;1-2H3. The number of hydrogen-bond acceptors (Lipinski definition) is 3. The maximum Gasteiger partial charge on any atom is 0.138 e. The fourth-order valence-corrected chi connectivity index (χ4v) is 1.44. The lowest BCUT2D eigenvalue weighted by Crippen LogP contribution is -1.93. The Hall–Kier alpha value is -0.900. The van der Waals surface area contributed by atoms with Crippen LogP contribution in [0.3, 0.4) is 0 Å². The SMILES string of the molecule is CC.COc1cc(N)cc(OC)c1Br. The Morgan fingerprint density at radius 3 is 1.71 bits per heavy atom. The highest BCUT2D eigenvalue weighted by Gasteiger charge is 2.07. The number of hydrogen-bond donors (Lipinski definition) is 1. The van der Waals surface area contributed by atoms with Crippen LogP contribution < -0.4 is 15.2 Å². The minimum atomic E-state index is 0.618. The van der Waals surface area contributed by atoms with Gasteiger partial charge in [0, 0.05) is 17.8 Å². The minimum Gasteiger partial charge on any atom is -0.495 e. The molecule has 0 bridgehead atoms. The zero-order chi connectivity index (χ0) is 11.1. The van der Waals surface area contributed by atoms with E-state index >= 15 is 0 Å². The second-order valence-corrected chi connectivity index (χ2v) is 3.03. The maximum absolute atomic E-state index is 5.60. The van der Waals surface area contributed by atoms with Crippen molar-refractivity contribution in [3.8, 4) is 11.5 Å². The van der Waals surface area contributed by atoms with Gasteiger partial charge in [-0.05, 0) is 15.9 Å². The Labute approximate surface area is 93.3 Å². The first-order valence-corrected chi connectivity index (χ1v) is 5.15. The van der Waals surface area contributed by atoms with Crippen molar-refractivity contribution in [2.45, 2.75) is 13.8 Å². The summed E-state index contributed by atoms with van der Waals surface area (Å²) in [6, 6.07) is 3.46. The third-order valence-corrected chi connectivity index (χ3v) is 2.25. The Balaban J connectivity index is 0.000000791. The van der Waals surface area contributed by atoms with Gasteiger partial charge in [-0.25, -0.2) is 0 Å². The van der Waals surface area contributed by atoms with E-state index in [0.717, 1.165) is 4.47 Å². The molecule has 0 aliphatic rings. The van der Waals surface area contributed by atoms with Crippen LogP contribution in [0.4, 0.5) is 5.69 Å². The van der Waals surface area contributed by atoms with Crippen LogP contribution in [0.1, 0.15) is 13.8 Å². The van der Waals surface area contributed by atoms with E-state index in [2.05, 4.69) is 15.9 Å². The summed E-state index contributed by atoms with van der Waals surface area (Å²) in [7, 11) is 3.16. The van der Waals surface area contributed by atoms with Gasteiger partial charge in [0.05, 0.1) is 14.2 Å². The third-order valence-electron chi connectivity index (χ3n) is 1.47. The van der Waals surface area contributed by atoms with Gasteiger partial charge in [0.25, 0.3) is 0 Å². The van der Waals surface area contributed by atoms with Gasteiger partial charge in [-0.2, -0.15) is 0 Å². The maximum atomic E-state index is 5.60. The van der Waals surface area contributed by atoms with E-state index in [1.54, 1.807) is 26.4 Å². The first-order valence-electron chi connectivity index (χ1n) is 4.36. The molecule has 0 saturated heterocycles. The summed E-state index contributed by atoms with van der Waals surface area (Å²) < 4.78 is 10.9. The molecule has 4 heteroatoms. The van der Waals surface area contributed by atoms with Crippen LogP contribution in [0, 0.1) is 0 Å². The van der Waals surface area contributed by atoms with E-state index < -0.39 is 0 Å². The molecule has 0 saturated carbocycles. The second kappa shape index (κ2) is 6.54. The molecule has 80 valence electrons. The summed E-state index contributed by atoms with van der Waals surface area (Å²) >= 11 is 3.33. The number of benzene rings is 1. The van der Waals surface area contributed by atoms with E-state index in [0.29, 0.717) is 17.2 Å². The van der Waals surface area contributed by atoms with Crippen LogP contribution >= 0.6 is 15.9 Å². The molecule has 1 aromatic rings. The molecular formula is C10H16BrNO2. The number of ether oxygens (including phenoxy) is 2. The van der Waals surface area contributed by atoms with E-state index in [1.807, 2.05) is 13.8 Å². The fourth-order valence-electron chi connectivity index (χ4n) is 0.890. The molecule has 0 unspecified atom stereocenters. The van der Waals surface area contributed by atoms with E-state index in [4.69, 9.17) is 15.2 Å². The normalized spacial score (nSPS) is 8.64. The van der Waals surface area contributed by atoms with E-state index in [1.165, 1.54) is 0 Å². The summed E-state index contributed by atoms with van der Waals surface area (Å²) in [5.74, 6) is 1.35. The summed E-state index contributed by atoms with van der Waals surface area (Å²) in [5.41, 5.74) is 6.22. The Kier molecular flexibility index (Phi) is 6.12. The van der Waals surface area contributed by atoms with Gasteiger partial charge in [0.1, 0.15) is 16.0 Å². The Morgan fingerprint density at radius 2 is 1.43 bits per heavy atom. The smallest absolute Gasteiger partial charge is 0.138 e. The van der Waals surface area contributed by atoms with Gasteiger partial charge in [0.15, 0.2) is 0 Å². The highest BCUT2D eigenvalue weighted by atomic mass is 79.9. The van der Waals surface area contributed by atoms with Gasteiger partial charge in [-0.1, -0.05) is 13.8 Å². The molecule has 0 atom stereocenters. The molecule has 0 aliphatic heterocycles. The summed E-state index contributed by atoms with van der Waals surface area (Å²) in [6.07, 6.45) is 0. The van der Waals surface area contributed by atoms with Crippen molar-refractivity contribution in [2.24, 2.45) is 0 Å². The van der Waals surface area contributed by atoms with Crippen molar-refractivity contribution in [2.75, 3.05) is 20.0 Å². The molecule has 2 N–H and O–H groups in total. The third kappa shape index (κ3) is 3.10. The van der Waals surface area contributed by atoms with Crippen LogP contribution in [0.25, 0.3) is 0 Å². The molecule has 14 heavy (non-hydrogen) atoms. The molecule has 0 heterocycles. The number of nitrogen functional groups attached to an aromatic ring is 1. The minimum absolute atomic E-state index is 0.618. The van der Waals surface area contributed by atoms with Gasteiger partial charge < -0.3 is 15.2 Å². The molecule has 3 nitrogen and oxygen atoms in total. The van der Waals surface area contributed by atoms with Gasteiger partial charge in [-0.15, -0.1) is 0 Å². The fraction of sp³-hybridized carbons (Fsp3) is 0.400. The van der Waals surface area contributed by atoms with Crippen molar-refractivity contribution in [1.29, 1.82) is 0 Å². The average Bonchev–Trinajstić information content (AvgIpc) is 2.23. The van der Waals surface area contributed by atoms with Crippen LogP contribution in [0.2, 0.25) is 0 Å². The predicted molar refractivity (Wildman–Crippen MR) is 63.0 cm³/mol. The van der Waals surface area contributed by atoms with Crippen LogP contribution in [-0.4, -0.2) is 14.2 Å². The Morgan fingerprint density at radius 1 is 1.07 bits per heavy atom. The lowest BCUT2D eigenvalue weighted by molar-refractivity contribution is 0.390. The van der Waals surface area contributed by atoms with Crippen molar-refractivity contribution in [3.05, 3.63) is 16.6 Å². The Bertz CT molecular complexity index is 264. The molecule has 0 aliphatic carbocycles. The van der Waals surface area contributed by atoms with Crippen LogP contribution in [0.15, 0.2) is 16.6 Å². The highest BCUT2D eigenvalue weighted by molar-refractivity contribution is 9.10. The quantitative estimate of drug-likeness (QED) is 0.833. The van der Waals surface area contributed by atoms with Crippen LogP contribution in [-0.2, 0) is 0 Å². The number of halogens is 1. The van der Waals surface area contributed by atoms with E-state index in [-0.39, 0.29) is 0 Å². The predicted octanol–water partition coefficient (Wildman–Crippen LogP) is 3.07. The molecule has 0 spiro atoms. The number of rotatable bonds is 2. The summed E-state index contributed by atoms with van der Waals surface area (Å²) in [4.78, 5) is 0. The van der Waals surface area contributed by atoms with Gasteiger partial charge in [-0.3, -0.25) is 0 Å². The molecule has 0 aromatic heterocycles. The lowest BCUT2D eigenvalue weighted by atomic mass is 10.3. The van der Waals surface area contributed by atoms with Gasteiger partial charge in [0.2, 0.25) is 0 Å². The van der Waals surface area contributed by atoms with Crippen LogP contribution in [0.5, 0.6) is 11.5 Å². The van der Waals surface area contributed by atoms with Crippen molar-refractivity contribution in [1.82, 2.24) is 0 Å². The molecule has 0 fully saturated rings. The zero-order valence-corrected chi connectivity index (χ0v) is 10.5. The molecule has 0 amide bonds. The first-order chi connectivity index (χ1) is 6.69. The highest BCUT2D eigenvalue weighted by Crippen LogP contribution is 2.36. The second-order valence-electron chi connectivity index (χ2n) is 2.24. The zero-order valence-electron chi connectivity index (χ0n) is 8.93. The topological polar surface area (TPSA) is 44.5 Å². The molecule has 1 aromatic carbocycles. The number of anilines is 1. The molecule has 1 rings (SSSR count). The summed E-state index contributed by atoms with van der Waals surface area (Å²) in [5, 5.41) is 0. The van der Waals surface area contributed by atoms with Crippen molar-refractivity contribution in [3.63, 3.8) is 0 Å². The molecular weight excluding hydrogens is 246 g/mol. The largest absolute Gasteiger partial charge is 0.495 e. The lowest BCUT2D eigenvalue weighted by Gasteiger charge is -2.08. The average molecular weight is 262 g/mol.